The molecule has 3 aliphatic rings. The van der Waals surface area contributed by atoms with Gasteiger partial charge in [-0.15, -0.1) is 0 Å². The molecule has 3 heterocycles. The molecule has 1 amide bonds. The predicted octanol–water partition coefficient (Wildman–Crippen LogP) is 3.78. The molecule has 0 aromatic carbocycles. The summed E-state index contributed by atoms with van der Waals surface area (Å²) in [6.45, 7) is 3.27. The van der Waals surface area contributed by atoms with Gasteiger partial charge in [-0.3, -0.25) is 4.79 Å². The Labute approximate surface area is 158 Å². The number of alkyl halides is 2. The molecular formula is C20H28F2N4O. The van der Waals surface area contributed by atoms with Crippen LogP contribution in [0.1, 0.15) is 50.3 Å². The minimum atomic E-state index is -2.44. The number of allylic oxidation sites excluding steroid dienone is 2. The van der Waals surface area contributed by atoms with Gasteiger partial charge in [0, 0.05) is 31.6 Å². The summed E-state index contributed by atoms with van der Waals surface area (Å²) in [4.78, 5) is 14.6. The lowest BCUT2D eigenvalue weighted by atomic mass is 9.85. The molecule has 1 saturated heterocycles. The van der Waals surface area contributed by atoms with Crippen molar-refractivity contribution in [1.82, 2.24) is 14.7 Å². The van der Waals surface area contributed by atoms with Gasteiger partial charge in [-0.05, 0) is 50.9 Å². The second-order valence-corrected chi connectivity index (χ2v) is 8.22. The quantitative estimate of drug-likeness (QED) is 0.812. The molecule has 4 atom stereocenters. The van der Waals surface area contributed by atoms with Crippen molar-refractivity contribution in [2.45, 2.75) is 64.0 Å². The molecule has 0 unspecified atom stereocenters. The molecule has 2 aliphatic heterocycles. The lowest BCUT2D eigenvalue weighted by Gasteiger charge is -2.41. The minimum Gasteiger partial charge on any atom is -0.367 e. The number of likely N-dealkylation sites (tertiary alicyclic amines) is 1. The van der Waals surface area contributed by atoms with Gasteiger partial charge in [-0.2, -0.15) is 5.10 Å². The highest BCUT2D eigenvalue weighted by molar-refractivity contribution is 5.76. The van der Waals surface area contributed by atoms with E-state index < -0.39 is 12.5 Å². The Morgan fingerprint density at radius 3 is 3.00 bits per heavy atom. The first kappa shape index (κ1) is 18.4. The summed E-state index contributed by atoms with van der Waals surface area (Å²) in [6, 6.07) is 0.893. The van der Waals surface area contributed by atoms with Crippen LogP contribution in [0.3, 0.4) is 0 Å². The number of aromatic nitrogens is 2. The minimum absolute atomic E-state index is 0.0467. The fourth-order valence-corrected chi connectivity index (χ4v) is 4.79. The molecule has 0 radical (unpaired) electrons. The van der Waals surface area contributed by atoms with Crippen LogP contribution in [0.4, 0.5) is 14.6 Å². The van der Waals surface area contributed by atoms with Crippen LogP contribution in [-0.4, -0.2) is 46.1 Å². The number of aryl methyl sites for hydroxylation is 1. The highest BCUT2D eigenvalue weighted by Gasteiger charge is 2.38. The summed E-state index contributed by atoms with van der Waals surface area (Å²) in [6.07, 6.45) is 6.82. The Hall–Kier alpha value is -1.92. The van der Waals surface area contributed by atoms with E-state index in [-0.39, 0.29) is 17.9 Å². The number of fused-ring (bicyclic) bond motifs is 1. The van der Waals surface area contributed by atoms with E-state index in [4.69, 9.17) is 0 Å². The fourth-order valence-electron chi connectivity index (χ4n) is 4.79. The number of anilines is 1. The summed E-state index contributed by atoms with van der Waals surface area (Å²) < 4.78 is 28.7. The number of carbonyl (C=O) groups excluding carboxylic acids is 1. The number of piperidine rings is 1. The molecule has 1 N–H and O–H groups in total. The highest BCUT2D eigenvalue weighted by atomic mass is 19.3. The van der Waals surface area contributed by atoms with Gasteiger partial charge in [0.15, 0.2) is 0 Å². The summed E-state index contributed by atoms with van der Waals surface area (Å²) >= 11 is 0. The molecule has 4 rings (SSSR count). The maximum atomic E-state index is 13.6. The number of nitrogens with zero attached hydrogens (tertiary/aromatic N) is 3. The summed E-state index contributed by atoms with van der Waals surface area (Å²) in [7, 11) is 0. The van der Waals surface area contributed by atoms with Crippen LogP contribution in [0.2, 0.25) is 0 Å². The molecule has 0 bridgehead atoms. The molecule has 7 heteroatoms. The first-order valence-corrected chi connectivity index (χ1v) is 10.1. The second kappa shape index (κ2) is 7.60. The zero-order valence-electron chi connectivity index (χ0n) is 15.8. The molecule has 0 spiro atoms. The van der Waals surface area contributed by atoms with Crippen molar-refractivity contribution < 1.29 is 13.6 Å². The van der Waals surface area contributed by atoms with Crippen molar-refractivity contribution in [2.24, 2.45) is 11.8 Å². The number of hydrogen-bond donors (Lipinski definition) is 1. The van der Waals surface area contributed by atoms with Crippen LogP contribution in [0.5, 0.6) is 0 Å². The van der Waals surface area contributed by atoms with E-state index in [1.807, 2.05) is 17.9 Å². The average molecular weight is 378 g/mol. The first-order chi connectivity index (χ1) is 13.0. The Balaban J connectivity index is 1.43. The molecule has 1 aromatic heterocycles. The normalized spacial score (nSPS) is 30.4. The molecule has 1 fully saturated rings. The third-order valence-corrected chi connectivity index (χ3v) is 6.22. The first-order valence-electron chi connectivity index (χ1n) is 10.1. The Morgan fingerprint density at radius 2 is 2.26 bits per heavy atom. The van der Waals surface area contributed by atoms with Gasteiger partial charge in [0.25, 0.3) is 6.43 Å². The van der Waals surface area contributed by atoms with Crippen LogP contribution in [0.25, 0.3) is 0 Å². The van der Waals surface area contributed by atoms with Crippen LogP contribution in [-0.2, 0) is 4.79 Å². The van der Waals surface area contributed by atoms with E-state index in [1.165, 1.54) is 4.68 Å². The van der Waals surface area contributed by atoms with Gasteiger partial charge in [0.05, 0.1) is 5.69 Å². The lowest BCUT2D eigenvalue weighted by Crippen LogP contribution is -2.48. The van der Waals surface area contributed by atoms with Crippen molar-refractivity contribution in [2.75, 3.05) is 18.4 Å². The Kier molecular flexibility index (Phi) is 5.19. The summed E-state index contributed by atoms with van der Waals surface area (Å²) in [5, 5.41) is 7.66. The second-order valence-electron chi connectivity index (χ2n) is 8.22. The largest absolute Gasteiger partial charge is 0.367 e. The van der Waals surface area contributed by atoms with Crippen molar-refractivity contribution in [3.8, 4) is 0 Å². The van der Waals surface area contributed by atoms with Gasteiger partial charge >= 0.3 is 0 Å². The van der Waals surface area contributed by atoms with E-state index in [1.54, 1.807) is 0 Å². The molecule has 1 aromatic rings. The maximum absolute atomic E-state index is 13.6. The van der Waals surface area contributed by atoms with Crippen molar-refractivity contribution >= 4 is 11.7 Å². The molecule has 5 nitrogen and oxygen atoms in total. The van der Waals surface area contributed by atoms with E-state index in [0.29, 0.717) is 31.1 Å². The van der Waals surface area contributed by atoms with Crippen LogP contribution in [0.15, 0.2) is 18.2 Å². The van der Waals surface area contributed by atoms with Crippen molar-refractivity contribution in [3.05, 3.63) is 23.9 Å². The number of nitrogens with one attached hydrogen (secondary N) is 1. The number of hydrogen-bond acceptors (Lipinski definition) is 3. The van der Waals surface area contributed by atoms with Gasteiger partial charge in [0.1, 0.15) is 11.9 Å². The van der Waals surface area contributed by atoms with Crippen LogP contribution >= 0.6 is 0 Å². The molecular weight excluding hydrogens is 350 g/mol. The number of amides is 1. The Morgan fingerprint density at radius 1 is 1.41 bits per heavy atom. The smallest absolute Gasteiger partial charge is 0.260 e. The van der Waals surface area contributed by atoms with E-state index in [2.05, 4.69) is 22.6 Å². The third kappa shape index (κ3) is 3.87. The fraction of sp³-hybridized carbons (Fsp3) is 0.700. The molecule has 0 saturated carbocycles. The summed E-state index contributed by atoms with van der Waals surface area (Å²) in [5.74, 6) is 1.45. The topological polar surface area (TPSA) is 50.2 Å². The van der Waals surface area contributed by atoms with Gasteiger partial charge in [-0.25, -0.2) is 13.5 Å². The van der Waals surface area contributed by atoms with Gasteiger partial charge in [0.2, 0.25) is 5.91 Å². The SMILES string of the molecule is Cc1cc2n(n1)[C@@H](C(F)F)C[C@@H]([C@H]1CCCN(C(=O)C[C@@H]3C=CCC3)C1)N2. The predicted molar refractivity (Wildman–Crippen MR) is 99.8 cm³/mol. The van der Waals surface area contributed by atoms with Crippen molar-refractivity contribution in [3.63, 3.8) is 0 Å². The maximum Gasteiger partial charge on any atom is 0.260 e. The summed E-state index contributed by atoms with van der Waals surface area (Å²) in [5.41, 5.74) is 0.744. The number of carbonyl (C=O) groups is 1. The number of rotatable bonds is 4. The van der Waals surface area contributed by atoms with Gasteiger partial charge < -0.3 is 10.2 Å². The van der Waals surface area contributed by atoms with Crippen LogP contribution in [0, 0.1) is 18.8 Å². The standard InChI is InChI=1S/C20H28F2N4O/c1-13-9-18-23-16(11-17(20(21)22)26(18)24-13)15-7-4-8-25(12-15)19(27)10-14-5-2-3-6-14/h2,5,9,14-17,20,23H,3-4,6-8,10-12H2,1H3/t14-,15+,16+,17-/m1/s1. The molecule has 1 aliphatic carbocycles. The van der Waals surface area contributed by atoms with Crippen LogP contribution < -0.4 is 5.32 Å². The number of halogens is 2. The van der Waals surface area contributed by atoms with E-state index >= 15 is 0 Å². The van der Waals surface area contributed by atoms with E-state index in [0.717, 1.165) is 37.9 Å². The third-order valence-electron chi connectivity index (χ3n) is 6.22. The zero-order valence-corrected chi connectivity index (χ0v) is 15.8. The van der Waals surface area contributed by atoms with E-state index in [9.17, 15) is 13.6 Å². The molecule has 27 heavy (non-hydrogen) atoms. The van der Waals surface area contributed by atoms with Crippen molar-refractivity contribution in [1.29, 1.82) is 0 Å². The lowest BCUT2D eigenvalue weighted by molar-refractivity contribution is -0.133. The zero-order chi connectivity index (χ0) is 19.0. The Bertz CT molecular complexity index is 717. The monoisotopic (exact) mass is 378 g/mol. The highest BCUT2D eigenvalue weighted by Crippen LogP contribution is 2.36. The van der Waals surface area contributed by atoms with Gasteiger partial charge in [-0.1, -0.05) is 12.2 Å². The average Bonchev–Trinajstić information content (AvgIpc) is 3.29. The molecule has 148 valence electrons.